The summed E-state index contributed by atoms with van der Waals surface area (Å²) < 4.78 is 5.53. The molecule has 3 fully saturated rings. The van der Waals surface area contributed by atoms with E-state index in [4.69, 9.17) is 4.74 Å². The van der Waals surface area contributed by atoms with Gasteiger partial charge >= 0.3 is 0 Å². The number of nitrogens with zero attached hydrogens (tertiary/aromatic N) is 1. The van der Waals surface area contributed by atoms with Gasteiger partial charge in [-0.25, -0.2) is 0 Å². The number of piperazine rings is 1. The smallest absolute Gasteiger partial charge is 0.0469 e. The summed E-state index contributed by atoms with van der Waals surface area (Å²) in [6.45, 7) is 12.8. The summed E-state index contributed by atoms with van der Waals surface area (Å²) >= 11 is 0. The van der Waals surface area contributed by atoms with Crippen LogP contribution in [-0.4, -0.2) is 48.8 Å². The normalized spacial score (nSPS) is 41.0. The van der Waals surface area contributed by atoms with Crippen molar-refractivity contribution in [1.82, 2.24) is 10.2 Å². The molecule has 2 saturated heterocycles. The van der Waals surface area contributed by atoms with Gasteiger partial charge in [0.2, 0.25) is 0 Å². The summed E-state index contributed by atoms with van der Waals surface area (Å²) in [5.74, 6) is 1.78. The van der Waals surface area contributed by atoms with E-state index in [0.29, 0.717) is 11.1 Å². The van der Waals surface area contributed by atoms with Crippen LogP contribution < -0.4 is 5.32 Å². The summed E-state index contributed by atoms with van der Waals surface area (Å²) in [4.78, 5) is 2.85. The number of ether oxygens (including phenoxy) is 1. The van der Waals surface area contributed by atoms with Gasteiger partial charge in [0.15, 0.2) is 0 Å². The Hall–Kier alpha value is -0.120. The van der Waals surface area contributed by atoms with Gasteiger partial charge in [-0.2, -0.15) is 0 Å². The van der Waals surface area contributed by atoms with Gasteiger partial charge in [-0.3, -0.25) is 4.90 Å². The summed E-state index contributed by atoms with van der Waals surface area (Å²) in [5.41, 5.74) is 0.701. The van der Waals surface area contributed by atoms with E-state index in [2.05, 4.69) is 31.0 Å². The molecule has 0 aromatic carbocycles. The van der Waals surface area contributed by atoms with Crippen LogP contribution in [0.2, 0.25) is 0 Å². The van der Waals surface area contributed by atoms with E-state index in [1.54, 1.807) is 0 Å². The minimum Gasteiger partial charge on any atom is -0.381 e. The minimum absolute atomic E-state index is 0.305. The molecule has 2 unspecified atom stereocenters. The Morgan fingerprint density at radius 2 is 1.85 bits per heavy atom. The molecule has 0 radical (unpaired) electrons. The molecule has 1 aliphatic carbocycles. The predicted molar refractivity (Wildman–Crippen MR) is 82.9 cm³/mol. The fourth-order valence-corrected chi connectivity index (χ4v) is 4.02. The van der Waals surface area contributed by atoms with Crippen LogP contribution >= 0.6 is 0 Å². The molecule has 1 N–H and O–H groups in total. The standard InChI is InChI=1S/C17H32N2O/c1-4-16(2)13-19(11-14-7-9-20-10-8-14)17(3,12-18-16)15-5-6-15/h14-15,18H,4-13H2,1-3H3. The maximum atomic E-state index is 5.53. The third-order valence-electron chi connectivity index (χ3n) is 6.19. The SMILES string of the molecule is CCC1(C)CN(CC2CCOCC2)C(C)(C2CC2)CN1. The summed E-state index contributed by atoms with van der Waals surface area (Å²) in [6.07, 6.45) is 6.61. The Bertz CT molecular complexity index is 338. The lowest BCUT2D eigenvalue weighted by molar-refractivity contribution is -0.0233. The first-order valence-corrected chi connectivity index (χ1v) is 8.63. The molecule has 20 heavy (non-hydrogen) atoms. The van der Waals surface area contributed by atoms with E-state index >= 15 is 0 Å². The zero-order valence-corrected chi connectivity index (χ0v) is 13.6. The summed E-state index contributed by atoms with van der Waals surface area (Å²) in [6, 6.07) is 0. The van der Waals surface area contributed by atoms with Gasteiger partial charge in [-0.15, -0.1) is 0 Å². The van der Waals surface area contributed by atoms with E-state index < -0.39 is 0 Å². The molecule has 0 amide bonds. The van der Waals surface area contributed by atoms with Crippen LogP contribution in [0, 0.1) is 11.8 Å². The largest absolute Gasteiger partial charge is 0.381 e. The molecular weight excluding hydrogens is 248 g/mol. The Morgan fingerprint density at radius 3 is 2.45 bits per heavy atom. The molecule has 1 saturated carbocycles. The van der Waals surface area contributed by atoms with Gasteiger partial charge in [-0.05, 0) is 57.8 Å². The van der Waals surface area contributed by atoms with Crippen molar-refractivity contribution in [3.05, 3.63) is 0 Å². The maximum Gasteiger partial charge on any atom is 0.0469 e. The van der Waals surface area contributed by atoms with Gasteiger partial charge in [0.25, 0.3) is 0 Å². The second-order valence-corrected chi connectivity index (χ2v) is 7.84. The van der Waals surface area contributed by atoms with Crippen molar-refractivity contribution in [1.29, 1.82) is 0 Å². The number of hydrogen-bond donors (Lipinski definition) is 1. The molecule has 116 valence electrons. The highest BCUT2D eigenvalue weighted by atomic mass is 16.5. The van der Waals surface area contributed by atoms with Crippen molar-refractivity contribution in [2.24, 2.45) is 11.8 Å². The van der Waals surface area contributed by atoms with Crippen molar-refractivity contribution in [2.45, 2.75) is 64.0 Å². The molecule has 3 rings (SSSR count). The maximum absolute atomic E-state index is 5.53. The zero-order chi connectivity index (χ0) is 14.2. The lowest BCUT2D eigenvalue weighted by atomic mass is 9.83. The molecule has 0 bridgehead atoms. The average Bonchev–Trinajstić information content (AvgIpc) is 3.29. The minimum atomic E-state index is 0.305. The monoisotopic (exact) mass is 280 g/mol. The lowest BCUT2D eigenvalue weighted by Gasteiger charge is -2.53. The van der Waals surface area contributed by atoms with Crippen molar-refractivity contribution in [3.63, 3.8) is 0 Å². The molecule has 2 atom stereocenters. The topological polar surface area (TPSA) is 24.5 Å². The highest BCUT2D eigenvalue weighted by Crippen LogP contribution is 2.45. The van der Waals surface area contributed by atoms with E-state index in [9.17, 15) is 0 Å². The number of hydrogen-bond acceptors (Lipinski definition) is 3. The molecule has 0 aromatic heterocycles. The van der Waals surface area contributed by atoms with E-state index in [-0.39, 0.29) is 0 Å². The van der Waals surface area contributed by atoms with Gasteiger partial charge < -0.3 is 10.1 Å². The molecule has 0 aromatic rings. The first-order chi connectivity index (χ1) is 9.56. The highest BCUT2D eigenvalue weighted by Gasteiger charge is 2.50. The van der Waals surface area contributed by atoms with Crippen molar-refractivity contribution >= 4 is 0 Å². The second kappa shape index (κ2) is 5.58. The van der Waals surface area contributed by atoms with Gasteiger partial charge in [0, 0.05) is 43.9 Å². The molecule has 3 heteroatoms. The predicted octanol–water partition coefficient (Wildman–Crippen LogP) is 2.66. The van der Waals surface area contributed by atoms with Crippen LogP contribution in [0.3, 0.4) is 0 Å². The van der Waals surface area contributed by atoms with Crippen LogP contribution in [0.5, 0.6) is 0 Å². The van der Waals surface area contributed by atoms with Gasteiger partial charge in [-0.1, -0.05) is 6.92 Å². The van der Waals surface area contributed by atoms with Gasteiger partial charge in [0.05, 0.1) is 0 Å². The number of nitrogens with one attached hydrogen (secondary N) is 1. The third-order valence-corrected chi connectivity index (χ3v) is 6.19. The quantitative estimate of drug-likeness (QED) is 0.857. The Balaban J connectivity index is 1.70. The van der Waals surface area contributed by atoms with Crippen LogP contribution in [0.1, 0.15) is 52.9 Å². The molecular formula is C17H32N2O. The van der Waals surface area contributed by atoms with Crippen LogP contribution in [0.4, 0.5) is 0 Å². The van der Waals surface area contributed by atoms with Crippen molar-refractivity contribution in [3.8, 4) is 0 Å². The summed E-state index contributed by atoms with van der Waals surface area (Å²) in [7, 11) is 0. The zero-order valence-electron chi connectivity index (χ0n) is 13.6. The summed E-state index contributed by atoms with van der Waals surface area (Å²) in [5, 5.41) is 3.86. The number of rotatable bonds is 4. The van der Waals surface area contributed by atoms with Crippen LogP contribution in [0.25, 0.3) is 0 Å². The van der Waals surface area contributed by atoms with Gasteiger partial charge in [0.1, 0.15) is 0 Å². The van der Waals surface area contributed by atoms with E-state index in [0.717, 1.165) is 25.0 Å². The first kappa shape index (κ1) is 14.8. The molecule has 2 heterocycles. The van der Waals surface area contributed by atoms with E-state index in [1.165, 1.54) is 51.7 Å². The van der Waals surface area contributed by atoms with Crippen molar-refractivity contribution < 1.29 is 4.74 Å². The Kier molecular flexibility index (Phi) is 4.13. The molecule has 0 spiro atoms. The second-order valence-electron chi connectivity index (χ2n) is 7.84. The fraction of sp³-hybridized carbons (Fsp3) is 1.00. The van der Waals surface area contributed by atoms with Crippen LogP contribution in [-0.2, 0) is 4.74 Å². The first-order valence-electron chi connectivity index (χ1n) is 8.63. The fourth-order valence-electron chi connectivity index (χ4n) is 4.02. The Labute approximate surface area is 124 Å². The lowest BCUT2D eigenvalue weighted by Crippen LogP contribution is -2.69. The molecule has 3 aliphatic rings. The average molecular weight is 280 g/mol. The molecule has 3 nitrogen and oxygen atoms in total. The Morgan fingerprint density at radius 1 is 1.15 bits per heavy atom. The van der Waals surface area contributed by atoms with Crippen LogP contribution in [0.15, 0.2) is 0 Å². The van der Waals surface area contributed by atoms with Crippen molar-refractivity contribution in [2.75, 3.05) is 32.8 Å². The third kappa shape index (κ3) is 2.90. The highest BCUT2D eigenvalue weighted by molar-refractivity contribution is 5.08. The molecule has 2 aliphatic heterocycles. The van der Waals surface area contributed by atoms with E-state index in [1.807, 2.05) is 0 Å².